The molecule has 0 spiro atoms. The van der Waals surface area contributed by atoms with Gasteiger partial charge < -0.3 is 15.0 Å². The van der Waals surface area contributed by atoms with Gasteiger partial charge in [0.1, 0.15) is 17.8 Å². The highest BCUT2D eigenvalue weighted by atomic mass is 127. The average Bonchev–Trinajstić information content (AvgIpc) is 2.90. The van der Waals surface area contributed by atoms with Gasteiger partial charge in [0.25, 0.3) is 0 Å². The Morgan fingerprint density at radius 1 is 1.19 bits per heavy atom. The summed E-state index contributed by atoms with van der Waals surface area (Å²) in [6.45, 7) is 1.81. The topological polar surface area (TPSA) is 91.7 Å². The fourth-order valence-electron chi connectivity index (χ4n) is 2.82. The van der Waals surface area contributed by atoms with Gasteiger partial charge in [-0.15, -0.1) is 0 Å². The maximum Gasteiger partial charge on any atom is 0.322 e. The summed E-state index contributed by atoms with van der Waals surface area (Å²) in [4.78, 5) is 16.5. The van der Waals surface area contributed by atoms with E-state index in [4.69, 9.17) is 10.5 Å². The van der Waals surface area contributed by atoms with Crippen molar-refractivity contribution in [3.8, 4) is 22.9 Å². The highest BCUT2D eigenvalue weighted by molar-refractivity contribution is 14.1. The van der Waals surface area contributed by atoms with Gasteiger partial charge in [-0.1, -0.05) is 6.07 Å². The lowest BCUT2D eigenvalue weighted by molar-refractivity contribution is 0.410. The molecule has 4 rings (SSSR count). The van der Waals surface area contributed by atoms with Crippen LogP contribution >= 0.6 is 22.6 Å². The summed E-state index contributed by atoms with van der Waals surface area (Å²) >= 11 is 2.19. The Morgan fingerprint density at radius 2 is 2.00 bits per heavy atom. The predicted octanol–water partition coefficient (Wildman–Crippen LogP) is 3.85. The summed E-state index contributed by atoms with van der Waals surface area (Å²) in [6, 6.07) is 6.54. The Bertz CT molecular complexity index is 1180. The number of benzene rings is 1. The van der Waals surface area contributed by atoms with Crippen molar-refractivity contribution >= 4 is 39.4 Å². The van der Waals surface area contributed by atoms with Crippen molar-refractivity contribution in [3.05, 3.63) is 52.0 Å². The lowest BCUT2D eigenvalue weighted by atomic mass is 10.1. The molecule has 7 nitrogen and oxygen atoms in total. The first-order valence-corrected chi connectivity index (χ1v) is 9.05. The van der Waals surface area contributed by atoms with E-state index in [2.05, 4.69) is 42.5 Å². The normalized spacial score (nSPS) is 11.1. The number of ether oxygens (including phenoxy) is 1. The van der Waals surface area contributed by atoms with E-state index in [1.165, 1.54) is 12.4 Å². The minimum absolute atomic E-state index is 0.0452. The van der Waals surface area contributed by atoms with E-state index < -0.39 is 5.82 Å². The second-order valence-electron chi connectivity index (χ2n) is 5.91. The van der Waals surface area contributed by atoms with Crippen molar-refractivity contribution in [2.75, 3.05) is 5.73 Å². The van der Waals surface area contributed by atoms with Crippen LogP contribution in [0.4, 0.5) is 10.2 Å². The molecule has 2 N–H and O–H groups in total. The third-order valence-corrected chi connectivity index (χ3v) is 5.38. The van der Waals surface area contributed by atoms with Crippen molar-refractivity contribution in [2.45, 2.75) is 6.92 Å². The molecule has 0 atom stereocenters. The summed E-state index contributed by atoms with van der Waals surface area (Å²) in [5.41, 5.74) is 8.92. The van der Waals surface area contributed by atoms with Crippen LogP contribution in [0.1, 0.15) is 5.69 Å². The van der Waals surface area contributed by atoms with E-state index >= 15 is 0 Å². The van der Waals surface area contributed by atoms with E-state index in [9.17, 15) is 4.39 Å². The van der Waals surface area contributed by atoms with Gasteiger partial charge in [-0.3, -0.25) is 0 Å². The monoisotopic (exact) mass is 476 g/mol. The van der Waals surface area contributed by atoms with Gasteiger partial charge in [0.15, 0.2) is 11.6 Å². The molecule has 9 heteroatoms. The van der Waals surface area contributed by atoms with Gasteiger partial charge in [0, 0.05) is 24.5 Å². The molecule has 0 saturated carbocycles. The van der Waals surface area contributed by atoms with Crippen molar-refractivity contribution in [2.24, 2.45) is 7.05 Å². The van der Waals surface area contributed by atoms with E-state index in [1.54, 1.807) is 24.4 Å². The summed E-state index contributed by atoms with van der Waals surface area (Å²) in [5.74, 6) is -0.132. The Balaban J connectivity index is 1.80. The van der Waals surface area contributed by atoms with Crippen LogP contribution in [0.2, 0.25) is 0 Å². The van der Waals surface area contributed by atoms with Crippen molar-refractivity contribution in [3.63, 3.8) is 0 Å². The predicted molar refractivity (Wildman–Crippen MR) is 108 cm³/mol. The van der Waals surface area contributed by atoms with Crippen LogP contribution in [0.3, 0.4) is 0 Å². The Hall–Kier alpha value is -2.82. The standard InChI is InChI=1S/C18H14FIN6O/c1-9-5-6-22-18(25-9)27-12-4-3-10(7-11(12)19)13-14-16(21)23-8-24-17(14)26(2)15(13)20/h3-8H,1-2H3,(H2,21,23,24). The van der Waals surface area contributed by atoms with Gasteiger partial charge in [-0.05, 0) is 53.3 Å². The number of nitrogens with zero attached hydrogens (tertiary/aromatic N) is 5. The summed E-state index contributed by atoms with van der Waals surface area (Å²) in [7, 11) is 1.88. The zero-order valence-corrected chi connectivity index (χ0v) is 16.6. The van der Waals surface area contributed by atoms with Crippen LogP contribution in [-0.4, -0.2) is 24.5 Å². The largest absolute Gasteiger partial charge is 0.421 e. The molecular weight excluding hydrogens is 462 g/mol. The second kappa shape index (κ2) is 6.72. The van der Waals surface area contributed by atoms with Crippen LogP contribution in [0.5, 0.6) is 11.8 Å². The number of anilines is 1. The summed E-state index contributed by atoms with van der Waals surface area (Å²) in [5, 5.41) is 0.694. The molecule has 136 valence electrons. The number of aryl methyl sites for hydroxylation is 2. The Morgan fingerprint density at radius 3 is 2.74 bits per heavy atom. The number of hydrogen-bond donors (Lipinski definition) is 1. The van der Waals surface area contributed by atoms with E-state index in [0.717, 1.165) is 15.0 Å². The lowest BCUT2D eigenvalue weighted by Crippen LogP contribution is -1.96. The number of nitrogens with two attached hydrogens (primary N) is 1. The molecule has 0 aliphatic rings. The molecule has 0 aliphatic carbocycles. The summed E-state index contributed by atoms with van der Waals surface area (Å²) < 4.78 is 23.0. The van der Waals surface area contributed by atoms with Crippen molar-refractivity contribution < 1.29 is 9.13 Å². The third-order valence-electron chi connectivity index (χ3n) is 4.12. The SMILES string of the molecule is Cc1ccnc(Oc2ccc(-c3c(I)n(C)c4ncnc(N)c34)cc2F)n1. The average molecular weight is 476 g/mol. The third kappa shape index (κ3) is 3.07. The molecule has 0 amide bonds. The van der Waals surface area contributed by atoms with E-state index in [0.29, 0.717) is 22.4 Å². The van der Waals surface area contributed by atoms with Crippen LogP contribution in [0, 0.1) is 16.4 Å². The smallest absolute Gasteiger partial charge is 0.322 e. The number of nitrogen functional groups attached to an aromatic ring is 1. The number of rotatable bonds is 3. The lowest BCUT2D eigenvalue weighted by Gasteiger charge is -2.08. The fourth-order valence-corrected chi connectivity index (χ4v) is 3.63. The van der Waals surface area contributed by atoms with Gasteiger partial charge in [0.2, 0.25) is 0 Å². The quantitative estimate of drug-likeness (QED) is 0.452. The molecule has 3 aromatic heterocycles. The van der Waals surface area contributed by atoms with Crippen LogP contribution in [0.25, 0.3) is 22.2 Å². The first kappa shape index (κ1) is 17.6. The highest BCUT2D eigenvalue weighted by Crippen LogP contribution is 2.38. The van der Waals surface area contributed by atoms with Gasteiger partial charge in [0.05, 0.1) is 9.09 Å². The molecule has 1 aromatic carbocycles. The maximum atomic E-state index is 14.7. The number of hydrogen-bond acceptors (Lipinski definition) is 6. The first-order valence-electron chi connectivity index (χ1n) is 7.97. The van der Waals surface area contributed by atoms with Gasteiger partial charge in [-0.2, -0.15) is 0 Å². The zero-order valence-electron chi connectivity index (χ0n) is 14.4. The minimum atomic E-state index is -0.527. The molecule has 0 radical (unpaired) electrons. The molecule has 27 heavy (non-hydrogen) atoms. The minimum Gasteiger partial charge on any atom is -0.421 e. The molecule has 0 fully saturated rings. The van der Waals surface area contributed by atoms with Gasteiger partial charge in [-0.25, -0.2) is 24.3 Å². The first-order chi connectivity index (χ1) is 13.0. The van der Waals surface area contributed by atoms with Crippen molar-refractivity contribution in [1.29, 1.82) is 0 Å². The van der Waals surface area contributed by atoms with Crippen LogP contribution < -0.4 is 10.5 Å². The van der Waals surface area contributed by atoms with Crippen LogP contribution in [0.15, 0.2) is 36.8 Å². The summed E-state index contributed by atoms with van der Waals surface area (Å²) in [6.07, 6.45) is 2.97. The Labute approximate surface area is 167 Å². The Kier molecular flexibility index (Phi) is 4.38. The van der Waals surface area contributed by atoms with Crippen molar-refractivity contribution in [1.82, 2.24) is 24.5 Å². The van der Waals surface area contributed by atoms with Gasteiger partial charge >= 0.3 is 6.01 Å². The van der Waals surface area contributed by atoms with E-state index in [1.807, 2.05) is 18.5 Å². The molecule has 0 unspecified atom stereocenters. The maximum absolute atomic E-state index is 14.7. The molecule has 3 heterocycles. The molecule has 0 saturated heterocycles. The molecule has 4 aromatic rings. The highest BCUT2D eigenvalue weighted by Gasteiger charge is 2.20. The number of fused-ring (bicyclic) bond motifs is 1. The molecular formula is C18H14FIN6O. The van der Waals surface area contributed by atoms with E-state index in [-0.39, 0.29) is 11.8 Å². The van der Waals surface area contributed by atoms with Crippen LogP contribution in [-0.2, 0) is 7.05 Å². The number of halogens is 2. The fraction of sp³-hybridized carbons (Fsp3) is 0.111. The second-order valence-corrected chi connectivity index (χ2v) is 6.93. The zero-order chi connectivity index (χ0) is 19.1. The molecule has 0 bridgehead atoms. The number of aromatic nitrogens is 5. The molecule has 0 aliphatic heterocycles.